The molecule has 0 atom stereocenters. The Bertz CT molecular complexity index is 1400. The zero-order chi connectivity index (χ0) is 19.1. The van der Waals surface area contributed by atoms with Gasteiger partial charge in [0, 0.05) is 21.7 Å². The summed E-state index contributed by atoms with van der Waals surface area (Å²) in [5.74, 6) is 1.90. The third-order valence-corrected chi connectivity index (χ3v) is 5.68. The van der Waals surface area contributed by atoms with Crippen molar-refractivity contribution in [1.82, 2.24) is 14.6 Å². The Kier molecular flexibility index (Phi) is 4.18. The molecule has 0 spiro atoms. The Morgan fingerprint density at radius 1 is 1.00 bits per heavy atom. The van der Waals surface area contributed by atoms with Crippen molar-refractivity contribution in [3.8, 4) is 22.7 Å². The number of rotatable bonds is 3. The number of nitrogens with zero attached hydrogens (tertiary/aromatic N) is 3. The quantitative estimate of drug-likeness (QED) is 0.409. The topological polar surface area (TPSA) is 60.4 Å². The van der Waals surface area contributed by atoms with Gasteiger partial charge in [-0.05, 0) is 24.3 Å². The summed E-state index contributed by atoms with van der Waals surface area (Å²) in [6, 6.07) is 21.2. The lowest BCUT2D eigenvalue weighted by atomic mass is 10.2. The minimum absolute atomic E-state index is 0.199. The molecule has 5 rings (SSSR count). The van der Waals surface area contributed by atoms with E-state index in [9.17, 15) is 4.79 Å². The highest BCUT2D eigenvalue weighted by molar-refractivity contribution is 9.10. The molecule has 0 fully saturated rings. The molecule has 2 aromatic carbocycles. The highest BCUT2D eigenvalue weighted by Crippen LogP contribution is 2.25. The molecule has 0 bridgehead atoms. The van der Waals surface area contributed by atoms with E-state index in [1.54, 1.807) is 6.08 Å². The highest BCUT2D eigenvalue weighted by atomic mass is 79.9. The second-order valence-electron chi connectivity index (χ2n) is 6.12. The van der Waals surface area contributed by atoms with Crippen molar-refractivity contribution in [3.05, 3.63) is 91.8 Å². The average molecular weight is 450 g/mol. The van der Waals surface area contributed by atoms with Crippen molar-refractivity contribution in [2.24, 2.45) is 0 Å². The highest BCUT2D eigenvalue weighted by Gasteiger charge is 2.12. The average Bonchev–Trinajstić information content (AvgIpc) is 3.41. The van der Waals surface area contributed by atoms with Gasteiger partial charge in [0.05, 0.1) is 0 Å². The number of fused-ring (bicyclic) bond motifs is 1. The Hall–Kier alpha value is -3.03. The molecule has 3 heterocycles. The second-order valence-corrected chi connectivity index (χ2v) is 8.05. The maximum absolute atomic E-state index is 12.7. The van der Waals surface area contributed by atoms with Crippen LogP contribution >= 0.6 is 27.3 Å². The van der Waals surface area contributed by atoms with Gasteiger partial charge in [0.15, 0.2) is 5.82 Å². The fourth-order valence-electron chi connectivity index (χ4n) is 2.90. The maximum atomic E-state index is 12.7. The monoisotopic (exact) mass is 449 g/mol. The Morgan fingerprint density at radius 2 is 1.82 bits per heavy atom. The number of halogens is 1. The van der Waals surface area contributed by atoms with E-state index in [-0.39, 0.29) is 5.56 Å². The molecule has 0 aliphatic rings. The lowest BCUT2D eigenvalue weighted by molar-refractivity contribution is 0.571. The molecular weight excluding hydrogens is 438 g/mol. The van der Waals surface area contributed by atoms with Crippen molar-refractivity contribution in [3.63, 3.8) is 0 Å². The van der Waals surface area contributed by atoms with E-state index in [0.717, 1.165) is 21.4 Å². The summed E-state index contributed by atoms with van der Waals surface area (Å²) in [4.78, 5) is 17.7. The number of hydrogen-bond acceptors (Lipinski definition) is 5. The van der Waals surface area contributed by atoms with Gasteiger partial charge < -0.3 is 4.42 Å². The molecule has 0 saturated heterocycles. The Balaban J connectivity index is 1.53. The third kappa shape index (κ3) is 3.08. The zero-order valence-corrected chi connectivity index (χ0v) is 16.8. The molecular formula is C21H12BrN3O2S. The van der Waals surface area contributed by atoms with Crippen LogP contribution < -0.4 is 10.1 Å². The molecule has 0 saturated carbocycles. The lowest BCUT2D eigenvalue weighted by Gasteiger charge is -1.96. The number of furan rings is 1. The number of thiazole rings is 1. The molecule has 0 N–H and O–H groups in total. The fraction of sp³-hybridized carbons (Fsp3) is 0. The molecule has 28 heavy (non-hydrogen) atoms. The van der Waals surface area contributed by atoms with E-state index in [2.05, 4.69) is 26.0 Å². The molecule has 5 nitrogen and oxygen atoms in total. The van der Waals surface area contributed by atoms with Gasteiger partial charge >= 0.3 is 0 Å². The molecule has 7 heteroatoms. The molecule has 5 aromatic rings. The summed E-state index contributed by atoms with van der Waals surface area (Å²) in [6.45, 7) is 0. The van der Waals surface area contributed by atoms with Crippen molar-refractivity contribution in [2.45, 2.75) is 0 Å². The Labute approximate surface area is 171 Å². The smallest absolute Gasteiger partial charge is 0.291 e. The van der Waals surface area contributed by atoms with Crippen LogP contribution in [-0.2, 0) is 0 Å². The largest absolute Gasteiger partial charge is 0.457 e. The predicted molar refractivity (Wildman–Crippen MR) is 113 cm³/mol. The van der Waals surface area contributed by atoms with Crippen LogP contribution in [0, 0.1) is 0 Å². The summed E-state index contributed by atoms with van der Waals surface area (Å²) >= 11 is 4.76. The van der Waals surface area contributed by atoms with Gasteiger partial charge in [-0.2, -0.15) is 9.50 Å². The molecule has 0 unspecified atom stereocenters. The van der Waals surface area contributed by atoms with Crippen LogP contribution in [0.2, 0.25) is 0 Å². The van der Waals surface area contributed by atoms with Crippen molar-refractivity contribution >= 4 is 38.3 Å². The first-order valence-corrected chi connectivity index (χ1v) is 10.1. The minimum Gasteiger partial charge on any atom is -0.457 e. The third-order valence-electron chi connectivity index (χ3n) is 4.22. The van der Waals surface area contributed by atoms with E-state index in [1.165, 1.54) is 15.9 Å². The first kappa shape index (κ1) is 17.1. The van der Waals surface area contributed by atoms with Gasteiger partial charge in [-0.3, -0.25) is 4.79 Å². The summed E-state index contributed by atoms with van der Waals surface area (Å²) in [5, 5.41) is 4.35. The van der Waals surface area contributed by atoms with E-state index in [4.69, 9.17) is 4.42 Å². The van der Waals surface area contributed by atoms with Crippen molar-refractivity contribution < 1.29 is 4.42 Å². The standard InChI is InChI=1S/C21H12BrN3O2S/c22-15-8-4-7-14(11-15)17-10-9-16(27-17)12-18-20(26)25-21(28-18)23-19(24-25)13-5-2-1-3-6-13/h1-12H/b18-12-. The molecule has 0 radical (unpaired) electrons. The van der Waals surface area contributed by atoms with Crippen molar-refractivity contribution in [1.29, 1.82) is 0 Å². The van der Waals surface area contributed by atoms with Gasteiger partial charge in [0.1, 0.15) is 16.1 Å². The van der Waals surface area contributed by atoms with Crippen LogP contribution in [0.15, 0.2) is 80.4 Å². The van der Waals surface area contributed by atoms with Crippen LogP contribution in [0.5, 0.6) is 0 Å². The molecule has 0 aliphatic heterocycles. The van der Waals surface area contributed by atoms with Gasteiger partial charge in [0.2, 0.25) is 4.96 Å². The Morgan fingerprint density at radius 3 is 2.61 bits per heavy atom. The minimum atomic E-state index is -0.199. The lowest BCUT2D eigenvalue weighted by Crippen LogP contribution is -2.23. The first-order valence-electron chi connectivity index (χ1n) is 8.50. The molecule has 136 valence electrons. The summed E-state index contributed by atoms with van der Waals surface area (Å²) in [7, 11) is 0. The van der Waals surface area contributed by atoms with Crippen LogP contribution in [0.25, 0.3) is 33.7 Å². The van der Waals surface area contributed by atoms with E-state index < -0.39 is 0 Å². The van der Waals surface area contributed by atoms with Gasteiger partial charge in [0.25, 0.3) is 5.56 Å². The van der Waals surface area contributed by atoms with Gasteiger partial charge in [-0.15, -0.1) is 5.10 Å². The summed E-state index contributed by atoms with van der Waals surface area (Å²) in [5.41, 5.74) is 1.65. The normalized spacial score (nSPS) is 12.1. The van der Waals surface area contributed by atoms with Gasteiger partial charge in [-0.1, -0.05) is 69.7 Å². The van der Waals surface area contributed by atoms with Crippen LogP contribution in [0.1, 0.15) is 5.76 Å². The van der Waals surface area contributed by atoms with Crippen LogP contribution in [0.4, 0.5) is 0 Å². The van der Waals surface area contributed by atoms with Crippen molar-refractivity contribution in [2.75, 3.05) is 0 Å². The first-order chi connectivity index (χ1) is 13.7. The predicted octanol–water partition coefficient (Wildman–Crippen LogP) is 4.39. The van der Waals surface area contributed by atoms with Crippen LogP contribution in [0.3, 0.4) is 0 Å². The van der Waals surface area contributed by atoms with E-state index in [0.29, 0.717) is 21.1 Å². The molecule has 0 amide bonds. The SMILES string of the molecule is O=c1/c(=C/c2ccc(-c3cccc(Br)c3)o2)sc2nc(-c3ccccc3)nn12. The van der Waals surface area contributed by atoms with E-state index in [1.807, 2.05) is 66.7 Å². The molecule has 0 aliphatic carbocycles. The summed E-state index contributed by atoms with van der Waals surface area (Å²) in [6.07, 6.45) is 1.73. The van der Waals surface area contributed by atoms with Gasteiger partial charge in [-0.25, -0.2) is 0 Å². The maximum Gasteiger partial charge on any atom is 0.291 e. The second kappa shape index (κ2) is 6.85. The molecule has 3 aromatic heterocycles. The number of benzene rings is 2. The number of aromatic nitrogens is 3. The fourth-order valence-corrected chi connectivity index (χ4v) is 4.19. The zero-order valence-electron chi connectivity index (χ0n) is 14.4. The number of hydrogen-bond donors (Lipinski definition) is 0. The summed E-state index contributed by atoms with van der Waals surface area (Å²) < 4.78 is 8.75. The van der Waals surface area contributed by atoms with Crippen LogP contribution in [-0.4, -0.2) is 14.6 Å². The van der Waals surface area contributed by atoms with E-state index >= 15 is 0 Å².